The Morgan fingerprint density at radius 2 is 2.07 bits per heavy atom. The molecule has 3 aliphatic rings. The average Bonchev–Trinajstić information content (AvgIpc) is 3.13. The summed E-state index contributed by atoms with van der Waals surface area (Å²) in [6.07, 6.45) is 6.11. The van der Waals surface area contributed by atoms with Crippen LogP contribution in [0.1, 0.15) is 47.9 Å². The van der Waals surface area contributed by atoms with Crippen LogP contribution in [0, 0.1) is 5.92 Å². The highest BCUT2D eigenvalue weighted by molar-refractivity contribution is 7.90. The molecule has 7 nitrogen and oxygen atoms in total. The van der Waals surface area contributed by atoms with Crippen molar-refractivity contribution in [1.29, 1.82) is 0 Å². The Balaban J connectivity index is 1.23. The van der Waals surface area contributed by atoms with Gasteiger partial charge < -0.3 is 15.0 Å². The van der Waals surface area contributed by atoms with Gasteiger partial charge in [0, 0.05) is 41.9 Å². The average molecular weight is 456 g/mol. The molecule has 0 atom stereocenters. The van der Waals surface area contributed by atoms with Crippen LogP contribution >= 0.6 is 11.3 Å². The topological polar surface area (TPSA) is 87.7 Å². The summed E-state index contributed by atoms with van der Waals surface area (Å²) in [5, 5.41) is 2.84. The maximum absolute atomic E-state index is 11.9. The van der Waals surface area contributed by atoms with E-state index in [1.165, 1.54) is 22.4 Å². The number of hydrogen-bond donors (Lipinski definition) is 2. The lowest BCUT2D eigenvalue weighted by Gasteiger charge is -2.46. The van der Waals surface area contributed by atoms with Crippen molar-refractivity contribution >= 4 is 27.3 Å². The van der Waals surface area contributed by atoms with Crippen LogP contribution in [0.5, 0.6) is 0 Å². The molecule has 168 valence electrons. The Labute approximate surface area is 183 Å². The van der Waals surface area contributed by atoms with Gasteiger partial charge >= 0.3 is 0 Å². The van der Waals surface area contributed by atoms with Gasteiger partial charge in [0.2, 0.25) is 15.9 Å². The lowest BCUT2D eigenvalue weighted by Crippen LogP contribution is -2.52. The molecule has 1 aliphatic carbocycles. The minimum absolute atomic E-state index is 0.0804. The molecule has 0 radical (unpaired) electrons. The van der Waals surface area contributed by atoms with Crippen molar-refractivity contribution in [3.8, 4) is 0 Å². The largest absolute Gasteiger partial charge is 0.370 e. The number of sulfonamides is 1. The molecule has 1 aromatic heterocycles. The van der Waals surface area contributed by atoms with Gasteiger partial charge in [-0.05, 0) is 56.7 Å². The summed E-state index contributed by atoms with van der Waals surface area (Å²) >= 11 is 1.97. The van der Waals surface area contributed by atoms with E-state index in [1.54, 1.807) is 0 Å². The molecule has 3 heterocycles. The molecule has 4 rings (SSSR count). The van der Waals surface area contributed by atoms with E-state index in [9.17, 15) is 13.2 Å². The summed E-state index contributed by atoms with van der Waals surface area (Å²) in [5.41, 5.74) is 1.38. The SMILES string of the molecule is CCc1cc2c(s1)CCOC21CCN(CC2CC(NC(=O)CS(=O)(=O)NC)C2)CC1. The third kappa shape index (κ3) is 4.75. The number of piperidine rings is 1. The first kappa shape index (κ1) is 22.2. The molecule has 2 N–H and O–H groups in total. The number of nitrogens with zero attached hydrogens (tertiary/aromatic N) is 1. The van der Waals surface area contributed by atoms with E-state index >= 15 is 0 Å². The van der Waals surface area contributed by atoms with Crippen LogP contribution in [0.15, 0.2) is 6.07 Å². The van der Waals surface area contributed by atoms with Crippen molar-refractivity contribution in [3.63, 3.8) is 0 Å². The highest BCUT2D eigenvalue weighted by Gasteiger charge is 2.42. The third-order valence-corrected chi connectivity index (χ3v) is 9.42. The second-order valence-electron chi connectivity index (χ2n) is 8.86. The van der Waals surface area contributed by atoms with Crippen molar-refractivity contribution in [1.82, 2.24) is 14.9 Å². The highest BCUT2D eigenvalue weighted by atomic mass is 32.2. The summed E-state index contributed by atoms with van der Waals surface area (Å²) in [6, 6.07) is 2.50. The summed E-state index contributed by atoms with van der Waals surface area (Å²) in [5.74, 6) is -0.343. The van der Waals surface area contributed by atoms with Gasteiger partial charge in [-0.25, -0.2) is 13.1 Å². The van der Waals surface area contributed by atoms with Crippen molar-refractivity contribution in [2.45, 2.75) is 57.1 Å². The molecular formula is C21H33N3O4S2. The van der Waals surface area contributed by atoms with Crippen molar-refractivity contribution in [3.05, 3.63) is 21.4 Å². The molecule has 0 bridgehead atoms. The first-order valence-electron chi connectivity index (χ1n) is 11.0. The molecule has 1 saturated heterocycles. The first-order valence-corrected chi connectivity index (χ1v) is 13.5. The van der Waals surface area contributed by atoms with Gasteiger partial charge in [-0.1, -0.05) is 6.92 Å². The van der Waals surface area contributed by atoms with E-state index in [4.69, 9.17) is 4.74 Å². The van der Waals surface area contributed by atoms with Gasteiger partial charge in [-0.15, -0.1) is 11.3 Å². The molecule has 2 aliphatic heterocycles. The van der Waals surface area contributed by atoms with E-state index < -0.39 is 21.7 Å². The molecular weight excluding hydrogens is 422 g/mol. The number of aryl methyl sites for hydroxylation is 1. The number of rotatable bonds is 7. The Morgan fingerprint density at radius 3 is 2.73 bits per heavy atom. The van der Waals surface area contributed by atoms with Crippen LogP contribution in [0.2, 0.25) is 0 Å². The van der Waals surface area contributed by atoms with Gasteiger partial charge in [0.25, 0.3) is 0 Å². The summed E-state index contributed by atoms with van der Waals surface area (Å²) in [7, 11) is -2.18. The number of carbonyl (C=O) groups is 1. The van der Waals surface area contributed by atoms with E-state index in [0.717, 1.165) is 64.8 Å². The van der Waals surface area contributed by atoms with E-state index in [2.05, 4.69) is 27.9 Å². The number of carbonyl (C=O) groups excluding carboxylic acids is 1. The second-order valence-corrected chi connectivity index (χ2v) is 12.0. The van der Waals surface area contributed by atoms with Crippen molar-refractivity contribution < 1.29 is 17.9 Å². The highest BCUT2D eigenvalue weighted by Crippen LogP contribution is 2.45. The number of nitrogens with one attached hydrogen (secondary N) is 2. The lowest BCUT2D eigenvalue weighted by atomic mass is 9.78. The third-order valence-electron chi connectivity index (χ3n) is 6.82. The maximum Gasteiger partial charge on any atom is 0.236 e. The maximum atomic E-state index is 11.9. The number of hydrogen-bond acceptors (Lipinski definition) is 6. The number of amides is 1. The predicted octanol–water partition coefficient (Wildman–Crippen LogP) is 1.62. The van der Waals surface area contributed by atoms with E-state index in [1.807, 2.05) is 11.3 Å². The summed E-state index contributed by atoms with van der Waals surface area (Å²) < 4.78 is 31.5. The Morgan fingerprint density at radius 1 is 1.33 bits per heavy atom. The Hall–Kier alpha value is -1.00. The molecule has 1 spiro atoms. The number of fused-ring (bicyclic) bond motifs is 2. The van der Waals surface area contributed by atoms with Gasteiger partial charge in [-0.2, -0.15) is 0 Å². The minimum atomic E-state index is -3.50. The van der Waals surface area contributed by atoms with Gasteiger partial charge in [-0.3, -0.25) is 4.79 Å². The van der Waals surface area contributed by atoms with Crippen LogP contribution in [-0.2, 0) is 38.0 Å². The predicted molar refractivity (Wildman–Crippen MR) is 118 cm³/mol. The fourth-order valence-electron chi connectivity index (χ4n) is 5.04. The van der Waals surface area contributed by atoms with Crippen LogP contribution in [-0.4, -0.2) is 64.3 Å². The van der Waals surface area contributed by atoms with E-state index in [-0.39, 0.29) is 11.6 Å². The zero-order valence-corrected chi connectivity index (χ0v) is 19.5. The van der Waals surface area contributed by atoms with Gasteiger partial charge in [0.15, 0.2) is 0 Å². The minimum Gasteiger partial charge on any atom is -0.370 e. The van der Waals surface area contributed by atoms with Gasteiger partial charge in [0.05, 0.1) is 12.2 Å². The first-order chi connectivity index (χ1) is 14.3. The normalized spacial score (nSPS) is 26.2. The number of thiophene rings is 1. The Bertz CT molecular complexity index is 869. The van der Waals surface area contributed by atoms with Gasteiger partial charge in [0.1, 0.15) is 5.75 Å². The standard InChI is InChI=1S/C21H33N3O4S2/c1-3-17-12-18-19(29-17)4-9-28-21(18)5-7-24(8-6-21)13-15-10-16(11-15)23-20(25)14-30(26,27)22-2/h12,15-16,22H,3-11,13-14H2,1-2H3,(H,23,25). The Kier molecular flexibility index (Phi) is 6.56. The molecule has 30 heavy (non-hydrogen) atoms. The smallest absolute Gasteiger partial charge is 0.236 e. The fourth-order valence-corrected chi connectivity index (χ4v) is 6.79. The molecule has 9 heteroatoms. The summed E-state index contributed by atoms with van der Waals surface area (Å²) in [6.45, 7) is 6.20. The molecule has 0 unspecified atom stereocenters. The molecule has 1 aromatic rings. The van der Waals surface area contributed by atoms with Crippen molar-refractivity contribution in [2.75, 3.05) is 39.0 Å². The van der Waals surface area contributed by atoms with E-state index in [0.29, 0.717) is 5.92 Å². The van der Waals surface area contributed by atoms with Crippen LogP contribution < -0.4 is 10.0 Å². The monoisotopic (exact) mass is 455 g/mol. The van der Waals surface area contributed by atoms with Crippen molar-refractivity contribution in [2.24, 2.45) is 5.92 Å². The van der Waals surface area contributed by atoms with Crippen LogP contribution in [0.3, 0.4) is 0 Å². The van der Waals surface area contributed by atoms with Crippen LogP contribution in [0.25, 0.3) is 0 Å². The molecule has 1 saturated carbocycles. The lowest BCUT2D eigenvalue weighted by molar-refractivity contribution is -0.120. The zero-order chi connectivity index (χ0) is 21.4. The number of likely N-dealkylation sites (tertiary alicyclic amines) is 1. The molecule has 2 fully saturated rings. The summed E-state index contributed by atoms with van der Waals surface area (Å²) in [4.78, 5) is 17.4. The fraction of sp³-hybridized carbons (Fsp3) is 0.762. The second kappa shape index (κ2) is 8.86. The quantitative estimate of drug-likeness (QED) is 0.652. The van der Waals surface area contributed by atoms with Crippen LogP contribution in [0.4, 0.5) is 0 Å². The zero-order valence-electron chi connectivity index (χ0n) is 17.9. The molecule has 0 aromatic carbocycles. The number of ether oxygens (including phenoxy) is 1. The molecule has 1 amide bonds.